The Kier molecular flexibility index (Phi) is 10.0. The van der Waals surface area contributed by atoms with E-state index in [1.54, 1.807) is 24.2 Å². The van der Waals surface area contributed by atoms with Crippen LogP contribution in [0.25, 0.3) is 0 Å². The number of piperidine rings is 2. The molecule has 3 aromatic rings. The van der Waals surface area contributed by atoms with Crippen molar-refractivity contribution in [3.05, 3.63) is 58.9 Å². The minimum absolute atomic E-state index is 0.0103. The van der Waals surface area contributed by atoms with E-state index in [1.807, 2.05) is 12.1 Å². The first-order valence-corrected chi connectivity index (χ1v) is 19.2. The summed E-state index contributed by atoms with van der Waals surface area (Å²) in [5.41, 5.74) is 2.59. The monoisotopic (exact) mass is 720 g/mol. The van der Waals surface area contributed by atoms with Crippen molar-refractivity contribution in [3.63, 3.8) is 0 Å². The van der Waals surface area contributed by atoms with Gasteiger partial charge in [0, 0.05) is 35.9 Å². The van der Waals surface area contributed by atoms with Crippen molar-refractivity contribution < 1.29 is 23.6 Å². The van der Waals surface area contributed by atoms with Crippen molar-refractivity contribution in [2.45, 2.75) is 87.4 Å². The molecule has 4 aliphatic rings. The second-order valence-electron chi connectivity index (χ2n) is 14.5. The van der Waals surface area contributed by atoms with Gasteiger partial charge in [-0.2, -0.15) is 0 Å². The van der Waals surface area contributed by atoms with Gasteiger partial charge in [0.1, 0.15) is 5.76 Å². The number of fused-ring (bicyclic) bond motifs is 1. The van der Waals surface area contributed by atoms with Crippen LogP contribution in [-0.4, -0.2) is 92.3 Å². The first-order chi connectivity index (χ1) is 24.0. The molecule has 0 spiro atoms. The number of benzene rings is 1. The van der Waals surface area contributed by atoms with E-state index in [9.17, 15) is 19.2 Å². The zero-order valence-corrected chi connectivity index (χ0v) is 30.4. The van der Waals surface area contributed by atoms with Gasteiger partial charge in [-0.25, -0.2) is 24.8 Å². The summed E-state index contributed by atoms with van der Waals surface area (Å²) in [6, 6.07) is 5.92. The van der Waals surface area contributed by atoms with Crippen molar-refractivity contribution in [2.24, 2.45) is 5.92 Å². The number of anilines is 1. The Bertz CT molecular complexity index is 1750. The van der Waals surface area contributed by atoms with E-state index in [0.29, 0.717) is 34.9 Å². The van der Waals surface area contributed by atoms with Crippen LogP contribution in [0.3, 0.4) is 0 Å². The van der Waals surface area contributed by atoms with Gasteiger partial charge in [-0.1, -0.05) is 44.2 Å². The number of thioether (sulfide) groups is 1. The largest absolute Gasteiger partial charge is 0.444 e. The molecule has 0 radical (unpaired) electrons. The number of hydrogen-bond donors (Lipinski definition) is 2. The zero-order valence-electron chi connectivity index (χ0n) is 28.8. The van der Waals surface area contributed by atoms with Gasteiger partial charge in [-0.05, 0) is 69.1 Å². The Labute approximate surface area is 300 Å². The molecule has 0 aliphatic carbocycles. The van der Waals surface area contributed by atoms with Crippen LogP contribution in [0.2, 0.25) is 0 Å². The molecule has 0 atom stereocenters. The maximum Gasteiger partial charge on any atom is 0.342 e. The number of aromatic nitrogens is 2. The number of nitrogens with zero attached hydrogens (tertiary/aromatic N) is 6. The summed E-state index contributed by atoms with van der Waals surface area (Å²) in [6.45, 7) is 11.5. The van der Waals surface area contributed by atoms with Crippen molar-refractivity contribution in [1.29, 1.82) is 0 Å². The number of urea groups is 1. The Hall–Kier alpha value is -3.79. The number of oxazole rings is 1. The lowest BCUT2D eigenvalue weighted by Gasteiger charge is -2.41. The van der Waals surface area contributed by atoms with E-state index in [0.717, 1.165) is 79.5 Å². The standard InChI is InChI=1S/C35H44N8O5S2/c1-35(2,3)27-17-36-29(48-27)21-49-30-18-37-33(50-30)39-31(45)23-6-13-41(14-7-23)25-8-11-40(12-9-25)19-22-4-5-26-24(16-22)20-43(32(26)46)42-15-10-28(44)38-34(42)47/h4-5,16-18,23,25H,6-15,19-21H2,1-3H3,(H,37,39,45)(H,38,44,47). The van der Waals surface area contributed by atoms with Crippen LogP contribution >= 0.6 is 23.1 Å². The lowest BCUT2D eigenvalue weighted by Crippen LogP contribution is -2.56. The molecule has 0 bridgehead atoms. The highest BCUT2D eigenvalue weighted by molar-refractivity contribution is 8.00. The van der Waals surface area contributed by atoms with Crippen LogP contribution in [0, 0.1) is 5.92 Å². The van der Waals surface area contributed by atoms with E-state index in [1.165, 1.54) is 21.4 Å². The highest BCUT2D eigenvalue weighted by Crippen LogP contribution is 2.33. The maximum atomic E-state index is 13.1. The fourth-order valence-electron chi connectivity index (χ4n) is 7.11. The fraction of sp³-hybridized carbons (Fsp3) is 0.543. The molecule has 0 saturated carbocycles. The van der Waals surface area contributed by atoms with Crippen molar-refractivity contribution in [2.75, 3.05) is 38.0 Å². The van der Waals surface area contributed by atoms with Crippen LogP contribution < -0.4 is 10.6 Å². The average molecular weight is 721 g/mol. The SMILES string of the molecule is CC(C)(C)c1cnc(CSc2cnc(NC(=O)C3CCN(C4CCN(Cc5ccc6c(c5)CN(N5CCC(=O)NC5=O)C6=O)CC4)CC3)s2)o1. The smallest absolute Gasteiger partial charge is 0.342 e. The number of hydrogen-bond acceptors (Lipinski definition) is 11. The molecule has 1 aromatic carbocycles. The van der Waals surface area contributed by atoms with E-state index in [-0.39, 0.29) is 42.0 Å². The summed E-state index contributed by atoms with van der Waals surface area (Å²) in [5, 5.41) is 8.76. The maximum absolute atomic E-state index is 13.1. The van der Waals surface area contributed by atoms with Crippen LogP contribution in [0.1, 0.15) is 86.0 Å². The van der Waals surface area contributed by atoms with Gasteiger partial charge in [0.05, 0.1) is 35.4 Å². The van der Waals surface area contributed by atoms with Crippen LogP contribution in [0.5, 0.6) is 0 Å². The quantitative estimate of drug-likeness (QED) is 0.295. The summed E-state index contributed by atoms with van der Waals surface area (Å²) in [4.78, 5) is 63.8. The molecule has 13 nitrogen and oxygen atoms in total. The molecule has 2 aromatic heterocycles. The normalized spacial score (nSPS) is 20.0. The number of rotatable bonds is 9. The molecule has 4 aliphatic heterocycles. The molecule has 2 N–H and O–H groups in total. The Balaban J connectivity index is 0.826. The van der Waals surface area contributed by atoms with Crippen molar-refractivity contribution in [1.82, 2.24) is 35.1 Å². The first kappa shape index (κ1) is 34.6. The van der Waals surface area contributed by atoms with Gasteiger partial charge in [0.2, 0.25) is 17.7 Å². The summed E-state index contributed by atoms with van der Waals surface area (Å²) in [5.74, 6) is 1.70. The predicted molar refractivity (Wildman–Crippen MR) is 189 cm³/mol. The van der Waals surface area contributed by atoms with Gasteiger partial charge in [0.25, 0.3) is 5.91 Å². The van der Waals surface area contributed by atoms with E-state index >= 15 is 0 Å². The second kappa shape index (κ2) is 14.4. The zero-order chi connectivity index (χ0) is 35.0. The lowest BCUT2D eigenvalue weighted by molar-refractivity contribution is -0.123. The van der Waals surface area contributed by atoms with Crippen LogP contribution in [0.15, 0.2) is 39.2 Å². The van der Waals surface area contributed by atoms with Gasteiger partial charge >= 0.3 is 6.03 Å². The van der Waals surface area contributed by atoms with Crippen LogP contribution in [-0.2, 0) is 33.8 Å². The minimum atomic E-state index is -0.548. The van der Waals surface area contributed by atoms with Gasteiger partial charge in [-0.15, -0.1) is 11.8 Å². The van der Waals surface area contributed by atoms with E-state index in [2.05, 4.69) is 57.2 Å². The van der Waals surface area contributed by atoms with Gasteiger partial charge < -0.3 is 14.6 Å². The van der Waals surface area contributed by atoms with Gasteiger partial charge in [-0.3, -0.25) is 24.6 Å². The second-order valence-corrected chi connectivity index (χ2v) is 16.8. The predicted octanol–water partition coefficient (Wildman–Crippen LogP) is 4.85. The number of carbonyl (C=O) groups excluding carboxylic acids is 4. The number of nitrogens with one attached hydrogen (secondary N) is 2. The molecular weight excluding hydrogens is 677 g/mol. The minimum Gasteiger partial charge on any atom is -0.444 e. The van der Waals surface area contributed by atoms with E-state index < -0.39 is 6.03 Å². The molecular formula is C35H44N8O5S2. The third-order valence-corrected chi connectivity index (χ3v) is 12.1. The highest BCUT2D eigenvalue weighted by Gasteiger charge is 2.37. The molecule has 266 valence electrons. The number of carbonyl (C=O) groups is 4. The Morgan fingerprint density at radius 2 is 1.80 bits per heavy atom. The van der Waals surface area contributed by atoms with Crippen molar-refractivity contribution in [3.8, 4) is 0 Å². The Morgan fingerprint density at radius 1 is 1.02 bits per heavy atom. The molecule has 15 heteroatoms. The number of imide groups is 1. The number of likely N-dealkylation sites (tertiary alicyclic amines) is 2. The number of thiazole rings is 1. The number of amides is 5. The molecule has 3 saturated heterocycles. The highest BCUT2D eigenvalue weighted by atomic mass is 32.2. The fourth-order valence-corrected chi connectivity index (χ4v) is 8.84. The molecule has 6 heterocycles. The molecule has 0 unspecified atom stereocenters. The van der Waals surface area contributed by atoms with E-state index in [4.69, 9.17) is 4.42 Å². The van der Waals surface area contributed by atoms with Crippen molar-refractivity contribution >= 4 is 52.0 Å². The van der Waals surface area contributed by atoms with Gasteiger partial charge in [0.15, 0.2) is 5.13 Å². The summed E-state index contributed by atoms with van der Waals surface area (Å²) >= 11 is 3.09. The van der Waals surface area contributed by atoms with Crippen LogP contribution in [0.4, 0.5) is 9.93 Å². The molecule has 5 amide bonds. The summed E-state index contributed by atoms with van der Waals surface area (Å²) < 4.78 is 6.90. The Morgan fingerprint density at radius 3 is 2.52 bits per heavy atom. The summed E-state index contributed by atoms with van der Waals surface area (Å²) in [6.07, 6.45) is 7.64. The summed E-state index contributed by atoms with van der Waals surface area (Å²) in [7, 11) is 0. The third-order valence-electron chi connectivity index (χ3n) is 10.0. The topological polar surface area (TPSA) is 144 Å². The molecule has 3 fully saturated rings. The first-order valence-electron chi connectivity index (χ1n) is 17.4. The lowest BCUT2D eigenvalue weighted by atomic mass is 9.92. The average Bonchev–Trinajstić information content (AvgIpc) is 3.84. The number of hydrazine groups is 1. The molecule has 50 heavy (non-hydrogen) atoms. The molecule has 7 rings (SSSR count). The third kappa shape index (κ3) is 7.75.